The predicted octanol–water partition coefficient (Wildman–Crippen LogP) is 1.54. The minimum atomic E-state index is 0.118. The van der Waals surface area contributed by atoms with Crippen LogP contribution in [-0.4, -0.2) is 12.9 Å². The number of rotatable bonds is 1. The van der Waals surface area contributed by atoms with Gasteiger partial charge in [-0.2, -0.15) is 0 Å². The first-order valence-corrected chi connectivity index (χ1v) is 6.46. The van der Waals surface area contributed by atoms with Gasteiger partial charge in [0.1, 0.15) is 5.75 Å². The van der Waals surface area contributed by atoms with E-state index in [1.54, 1.807) is 7.11 Å². The molecule has 0 aromatic heterocycles. The van der Waals surface area contributed by atoms with E-state index in [2.05, 4.69) is 4.40 Å². The molecule has 3 nitrogen and oxygen atoms in total. The molecule has 0 spiro atoms. The van der Waals surface area contributed by atoms with Crippen molar-refractivity contribution < 1.29 is 9.53 Å². The first-order chi connectivity index (χ1) is 8.81. The number of fused-ring (bicyclic) bond motifs is 2. The first kappa shape index (κ1) is 11.3. The Hall–Kier alpha value is -1.81. The van der Waals surface area contributed by atoms with E-state index in [1.807, 2.05) is 35.8 Å². The lowest BCUT2D eigenvalue weighted by Crippen LogP contribution is -2.31. The van der Waals surface area contributed by atoms with Crippen LogP contribution in [0.2, 0.25) is 0 Å². The summed E-state index contributed by atoms with van der Waals surface area (Å²) >= 11 is 1.35. The van der Waals surface area contributed by atoms with Crippen molar-refractivity contribution in [2.24, 2.45) is 4.40 Å². The fourth-order valence-electron chi connectivity index (χ4n) is 2.18. The lowest BCUT2D eigenvalue weighted by Gasteiger charge is -2.12. The molecular weight excluding hydrogens is 246 g/mol. The number of Topliss-reactive ketones (excluding diaryl/α,β-unsaturated/α-hetero) is 1. The van der Waals surface area contributed by atoms with E-state index in [0.717, 1.165) is 21.7 Å². The van der Waals surface area contributed by atoms with E-state index in [4.69, 9.17) is 4.74 Å². The van der Waals surface area contributed by atoms with Crippen LogP contribution in [-0.2, 0) is 4.79 Å². The molecule has 0 amide bonds. The molecule has 0 saturated carbocycles. The number of hydrogen-bond acceptors (Lipinski definition) is 4. The maximum Gasteiger partial charge on any atom is 0.168 e. The molecule has 1 aliphatic carbocycles. The highest BCUT2D eigenvalue weighted by Gasteiger charge is 2.20. The third kappa shape index (κ3) is 1.69. The maximum absolute atomic E-state index is 12.2. The van der Waals surface area contributed by atoms with Crippen LogP contribution in [0.25, 0.3) is 5.57 Å². The van der Waals surface area contributed by atoms with Crippen LogP contribution in [0.15, 0.2) is 45.7 Å². The first-order valence-electron chi connectivity index (χ1n) is 5.62. The van der Waals surface area contributed by atoms with Gasteiger partial charge in [0.25, 0.3) is 0 Å². The third-order valence-electron chi connectivity index (χ3n) is 2.97. The van der Waals surface area contributed by atoms with E-state index < -0.39 is 0 Å². The van der Waals surface area contributed by atoms with Gasteiger partial charge >= 0.3 is 0 Å². The molecule has 4 heteroatoms. The van der Waals surface area contributed by atoms with Crippen molar-refractivity contribution >= 4 is 23.3 Å². The largest absolute Gasteiger partial charge is 0.496 e. The highest BCUT2D eigenvalue weighted by molar-refractivity contribution is 8.00. The van der Waals surface area contributed by atoms with Gasteiger partial charge in [0.05, 0.1) is 17.7 Å². The zero-order valence-electron chi connectivity index (χ0n) is 9.84. The third-order valence-corrected chi connectivity index (χ3v) is 3.63. The molecule has 90 valence electrons. The molecule has 1 heterocycles. The molecule has 0 fully saturated rings. The van der Waals surface area contributed by atoms with Crippen molar-refractivity contribution in [1.82, 2.24) is 0 Å². The standard InChI is InChI=1S/C14H11NO2S/c1-17-12-7-3-5-10-14(12)13-9(8-18-15-10)4-2-6-11(13)16/h2-5,7-8H,6H2,1H3. The lowest BCUT2D eigenvalue weighted by atomic mass is 9.92. The summed E-state index contributed by atoms with van der Waals surface area (Å²) in [5, 5.41) is 3.51. The van der Waals surface area contributed by atoms with Gasteiger partial charge < -0.3 is 4.74 Å². The van der Waals surface area contributed by atoms with E-state index in [-0.39, 0.29) is 5.78 Å². The number of hydrogen-bond donors (Lipinski definition) is 0. The van der Waals surface area contributed by atoms with Crippen LogP contribution in [0.4, 0.5) is 0 Å². The van der Waals surface area contributed by atoms with Crippen LogP contribution in [0.5, 0.6) is 5.75 Å². The van der Waals surface area contributed by atoms with Crippen molar-refractivity contribution in [2.45, 2.75) is 6.42 Å². The summed E-state index contributed by atoms with van der Waals surface area (Å²) in [6.45, 7) is 0. The number of carbonyl (C=O) groups is 1. The molecule has 1 aromatic carbocycles. The molecule has 0 radical (unpaired) electrons. The average Bonchev–Trinajstić information content (AvgIpc) is 2.58. The van der Waals surface area contributed by atoms with Crippen molar-refractivity contribution in [1.29, 1.82) is 0 Å². The van der Waals surface area contributed by atoms with Crippen LogP contribution in [0.3, 0.4) is 0 Å². The molecule has 0 atom stereocenters. The van der Waals surface area contributed by atoms with Gasteiger partial charge in [-0.05, 0) is 17.7 Å². The van der Waals surface area contributed by atoms with E-state index in [0.29, 0.717) is 12.2 Å². The summed E-state index contributed by atoms with van der Waals surface area (Å²) < 4.78 is 9.78. The average molecular weight is 257 g/mol. The number of benzene rings is 1. The molecule has 3 rings (SSSR count). The molecule has 0 bridgehead atoms. The fraction of sp³-hybridized carbons (Fsp3) is 0.143. The highest BCUT2D eigenvalue weighted by atomic mass is 32.2. The van der Waals surface area contributed by atoms with Gasteiger partial charge in [-0.3, -0.25) is 4.79 Å². The predicted molar refractivity (Wildman–Crippen MR) is 71.6 cm³/mol. The van der Waals surface area contributed by atoms with E-state index in [9.17, 15) is 4.79 Å². The Morgan fingerprint density at radius 1 is 1.39 bits per heavy atom. The SMILES string of the molecule is COc1cccc2c1=C1C(=O)CC=CC1=CSN=2. The Labute approximate surface area is 109 Å². The monoisotopic (exact) mass is 257 g/mol. The van der Waals surface area contributed by atoms with Crippen LogP contribution >= 0.6 is 11.9 Å². The van der Waals surface area contributed by atoms with Crippen molar-refractivity contribution in [2.75, 3.05) is 7.11 Å². The Morgan fingerprint density at radius 2 is 2.28 bits per heavy atom. The molecule has 1 aromatic rings. The second-order valence-electron chi connectivity index (χ2n) is 4.03. The second kappa shape index (κ2) is 4.46. The minimum Gasteiger partial charge on any atom is -0.496 e. The number of ether oxygens (including phenoxy) is 1. The van der Waals surface area contributed by atoms with Gasteiger partial charge in [0.15, 0.2) is 5.78 Å². The van der Waals surface area contributed by atoms with Crippen LogP contribution in [0, 0.1) is 0 Å². The molecule has 0 N–H and O–H groups in total. The Morgan fingerprint density at radius 3 is 3.11 bits per heavy atom. The molecule has 0 saturated heterocycles. The molecule has 18 heavy (non-hydrogen) atoms. The summed E-state index contributed by atoms with van der Waals surface area (Å²) in [5.41, 5.74) is 1.64. The second-order valence-corrected chi connectivity index (χ2v) is 4.66. The molecule has 0 unspecified atom stereocenters. The summed E-state index contributed by atoms with van der Waals surface area (Å²) in [7, 11) is 1.61. The van der Waals surface area contributed by atoms with Crippen molar-refractivity contribution in [3.63, 3.8) is 0 Å². The zero-order valence-corrected chi connectivity index (χ0v) is 10.7. The van der Waals surface area contributed by atoms with Gasteiger partial charge in [0, 0.05) is 29.3 Å². The van der Waals surface area contributed by atoms with E-state index >= 15 is 0 Å². The van der Waals surface area contributed by atoms with Crippen molar-refractivity contribution in [3.8, 4) is 5.75 Å². The van der Waals surface area contributed by atoms with Crippen molar-refractivity contribution in [3.05, 3.63) is 51.9 Å². The number of ketones is 1. The number of allylic oxidation sites excluding steroid dienone is 3. The highest BCUT2D eigenvalue weighted by Crippen LogP contribution is 2.25. The van der Waals surface area contributed by atoms with Crippen LogP contribution in [0.1, 0.15) is 6.42 Å². The Balaban J connectivity index is 2.50. The summed E-state index contributed by atoms with van der Waals surface area (Å²) in [6, 6.07) is 5.65. The summed E-state index contributed by atoms with van der Waals surface area (Å²) in [4.78, 5) is 12.2. The van der Waals surface area contributed by atoms with Crippen LogP contribution < -0.4 is 15.3 Å². The molecular formula is C14H11NO2S. The maximum atomic E-state index is 12.2. The normalized spacial score (nSPS) is 17.3. The van der Waals surface area contributed by atoms with Gasteiger partial charge in [0.2, 0.25) is 0 Å². The zero-order chi connectivity index (χ0) is 12.5. The number of carbonyl (C=O) groups excluding carboxylic acids is 1. The summed E-state index contributed by atoms with van der Waals surface area (Å²) in [6.07, 6.45) is 4.30. The Kier molecular flexibility index (Phi) is 2.80. The van der Waals surface area contributed by atoms with Gasteiger partial charge in [-0.1, -0.05) is 18.2 Å². The number of nitrogens with zero attached hydrogens (tertiary/aromatic N) is 1. The topological polar surface area (TPSA) is 38.7 Å². The molecule has 2 aliphatic rings. The Bertz CT molecular complexity index is 701. The van der Waals surface area contributed by atoms with E-state index in [1.165, 1.54) is 11.9 Å². The summed E-state index contributed by atoms with van der Waals surface area (Å²) in [5.74, 6) is 0.815. The number of methoxy groups -OCH3 is 1. The fourth-order valence-corrected chi connectivity index (χ4v) is 2.81. The lowest BCUT2D eigenvalue weighted by molar-refractivity contribution is -0.113. The smallest absolute Gasteiger partial charge is 0.168 e. The minimum absolute atomic E-state index is 0.118. The van der Waals surface area contributed by atoms with Gasteiger partial charge in [-0.15, -0.1) is 0 Å². The molecule has 1 aliphatic heterocycles. The van der Waals surface area contributed by atoms with Gasteiger partial charge in [-0.25, -0.2) is 4.40 Å². The quantitative estimate of drug-likeness (QED) is 0.716.